The van der Waals surface area contributed by atoms with Gasteiger partial charge in [0.1, 0.15) is 35.7 Å². The van der Waals surface area contributed by atoms with Crippen molar-refractivity contribution in [3.8, 4) is 5.75 Å². The predicted octanol–water partition coefficient (Wildman–Crippen LogP) is 0.783. The van der Waals surface area contributed by atoms with Gasteiger partial charge in [0.05, 0.1) is 12.0 Å². The second kappa shape index (κ2) is 9.38. The van der Waals surface area contributed by atoms with Crippen molar-refractivity contribution in [3.63, 3.8) is 0 Å². The lowest BCUT2D eigenvalue weighted by atomic mass is 9.95. The minimum absolute atomic E-state index is 0.0975. The number of hydrogen-bond donors (Lipinski definition) is 5. The summed E-state index contributed by atoms with van der Waals surface area (Å²) in [6.07, 6.45) is -6.78. The van der Waals surface area contributed by atoms with Crippen molar-refractivity contribution >= 4 is 21.7 Å². The number of benzene rings is 2. The van der Waals surface area contributed by atoms with Crippen molar-refractivity contribution in [1.82, 2.24) is 0 Å². The number of aliphatic hydroxyl groups excluding tert-OH is 5. The smallest absolute Gasteiger partial charge is 0.344 e. The van der Waals surface area contributed by atoms with Gasteiger partial charge >= 0.3 is 5.63 Å². The van der Waals surface area contributed by atoms with E-state index in [4.69, 9.17) is 13.9 Å². The molecule has 1 saturated heterocycles. The maximum absolute atomic E-state index is 12.9. The van der Waals surface area contributed by atoms with Crippen molar-refractivity contribution in [1.29, 1.82) is 0 Å². The molecule has 5 N–H and O–H groups in total. The van der Waals surface area contributed by atoms with Crippen LogP contribution in [0.1, 0.15) is 30.9 Å². The lowest BCUT2D eigenvalue weighted by Gasteiger charge is -2.39. The van der Waals surface area contributed by atoms with Crippen LogP contribution in [0.15, 0.2) is 39.5 Å². The standard InChI is InChI=1S/C24H28O9/c1-11(2)17-15(31-24-21(29)20(28)19(27)16(10-26)32-24)7-6-14-13-5-3-4-12(8-9-25)18(13)23(30)33-22(14)17/h3-7,11,16,19-21,24-29H,8-10H2,1-2H3/t16-,19-,20+,21-,24-/m1/s1. The summed E-state index contributed by atoms with van der Waals surface area (Å²) in [7, 11) is 0. The Morgan fingerprint density at radius 3 is 2.42 bits per heavy atom. The molecular formula is C24H28O9. The van der Waals surface area contributed by atoms with Gasteiger partial charge in [0.15, 0.2) is 0 Å². The first kappa shape index (κ1) is 23.6. The van der Waals surface area contributed by atoms with E-state index in [9.17, 15) is 30.3 Å². The van der Waals surface area contributed by atoms with Crippen LogP contribution in [0.4, 0.5) is 0 Å². The molecule has 4 rings (SSSR count). The summed E-state index contributed by atoms with van der Waals surface area (Å²) in [5.74, 6) is 0.116. The Morgan fingerprint density at radius 2 is 1.76 bits per heavy atom. The zero-order valence-electron chi connectivity index (χ0n) is 18.3. The van der Waals surface area contributed by atoms with E-state index in [0.717, 1.165) is 0 Å². The van der Waals surface area contributed by atoms with Gasteiger partial charge in [0.25, 0.3) is 0 Å². The molecule has 2 aromatic carbocycles. The van der Waals surface area contributed by atoms with E-state index in [1.54, 1.807) is 18.2 Å². The molecule has 9 heteroatoms. The van der Waals surface area contributed by atoms with E-state index in [0.29, 0.717) is 39.3 Å². The molecule has 1 fully saturated rings. The molecule has 9 nitrogen and oxygen atoms in total. The first-order valence-electron chi connectivity index (χ1n) is 10.9. The molecule has 0 saturated carbocycles. The van der Waals surface area contributed by atoms with Crippen LogP contribution < -0.4 is 10.4 Å². The molecule has 0 bridgehead atoms. The summed E-state index contributed by atoms with van der Waals surface area (Å²) in [5.41, 5.74) is 1.05. The molecule has 0 spiro atoms. The molecule has 1 aliphatic heterocycles. The zero-order chi connectivity index (χ0) is 23.9. The number of rotatable bonds is 6. The second-order valence-electron chi connectivity index (χ2n) is 8.53. The molecule has 2 heterocycles. The Kier molecular flexibility index (Phi) is 6.71. The fraction of sp³-hybridized carbons (Fsp3) is 0.458. The van der Waals surface area contributed by atoms with Crippen molar-refractivity contribution in [3.05, 3.63) is 51.9 Å². The highest BCUT2D eigenvalue weighted by atomic mass is 16.7. The van der Waals surface area contributed by atoms with E-state index in [2.05, 4.69) is 0 Å². The molecule has 0 radical (unpaired) electrons. The Labute approximate surface area is 189 Å². The molecule has 3 aromatic rings. The average Bonchev–Trinajstić information content (AvgIpc) is 2.79. The van der Waals surface area contributed by atoms with E-state index in [1.807, 2.05) is 26.0 Å². The molecule has 0 aliphatic carbocycles. The molecule has 0 amide bonds. The average molecular weight is 460 g/mol. The van der Waals surface area contributed by atoms with Crippen LogP contribution in [0.2, 0.25) is 0 Å². The summed E-state index contributed by atoms with van der Waals surface area (Å²) >= 11 is 0. The van der Waals surface area contributed by atoms with Crippen molar-refractivity contribution < 1.29 is 39.4 Å². The minimum Gasteiger partial charge on any atom is -0.462 e. The third kappa shape index (κ3) is 4.12. The Morgan fingerprint density at radius 1 is 1.00 bits per heavy atom. The van der Waals surface area contributed by atoms with Crippen LogP contribution in [0.3, 0.4) is 0 Å². The van der Waals surface area contributed by atoms with Crippen molar-refractivity contribution in [2.24, 2.45) is 0 Å². The lowest BCUT2D eigenvalue weighted by molar-refractivity contribution is -0.277. The van der Waals surface area contributed by atoms with E-state index in [-0.39, 0.29) is 18.3 Å². The quantitative estimate of drug-likeness (QED) is 0.266. The summed E-state index contributed by atoms with van der Waals surface area (Å²) in [6.45, 7) is 3.11. The number of ether oxygens (including phenoxy) is 2. The summed E-state index contributed by atoms with van der Waals surface area (Å²) < 4.78 is 17.1. The van der Waals surface area contributed by atoms with Crippen LogP contribution in [0, 0.1) is 0 Å². The second-order valence-corrected chi connectivity index (χ2v) is 8.53. The monoisotopic (exact) mass is 460 g/mol. The lowest BCUT2D eigenvalue weighted by Crippen LogP contribution is -2.60. The Balaban J connectivity index is 1.85. The molecule has 178 valence electrons. The SMILES string of the molecule is CC(C)c1c(O[C@@H]2O[C@H](CO)[C@@H](O)[C@H](O)[C@H]2O)ccc2c1oc(=O)c1c(CCO)cccc12. The van der Waals surface area contributed by atoms with Crippen molar-refractivity contribution in [2.45, 2.75) is 56.9 Å². The number of fused-ring (bicyclic) bond motifs is 3. The Hall–Kier alpha value is -2.53. The maximum atomic E-state index is 12.9. The summed E-state index contributed by atoms with van der Waals surface area (Å²) in [6, 6.07) is 8.81. The van der Waals surface area contributed by atoms with Crippen LogP contribution in [0.25, 0.3) is 21.7 Å². The fourth-order valence-electron chi connectivity index (χ4n) is 4.38. The maximum Gasteiger partial charge on any atom is 0.344 e. The van der Waals surface area contributed by atoms with Crippen molar-refractivity contribution in [2.75, 3.05) is 13.2 Å². The molecule has 5 atom stereocenters. The van der Waals surface area contributed by atoms with E-state index < -0.39 is 42.9 Å². The van der Waals surface area contributed by atoms with Gasteiger partial charge < -0.3 is 39.4 Å². The zero-order valence-corrected chi connectivity index (χ0v) is 18.3. The van der Waals surface area contributed by atoms with Gasteiger partial charge in [0, 0.05) is 22.9 Å². The summed E-state index contributed by atoms with van der Waals surface area (Å²) in [4.78, 5) is 12.9. The first-order chi connectivity index (χ1) is 15.8. The molecule has 1 aromatic heterocycles. The van der Waals surface area contributed by atoms with Crippen LogP contribution in [-0.4, -0.2) is 69.5 Å². The molecule has 0 unspecified atom stereocenters. The number of hydrogen-bond acceptors (Lipinski definition) is 9. The highest BCUT2D eigenvalue weighted by molar-refractivity contribution is 6.06. The van der Waals surface area contributed by atoms with Crippen LogP contribution in [0.5, 0.6) is 5.75 Å². The van der Waals surface area contributed by atoms with Gasteiger partial charge in [-0.2, -0.15) is 0 Å². The van der Waals surface area contributed by atoms with E-state index in [1.165, 1.54) is 0 Å². The van der Waals surface area contributed by atoms with Gasteiger partial charge in [-0.3, -0.25) is 0 Å². The van der Waals surface area contributed by atoms with Crippen LogP contribution >= 0.6 is 0 Å². The topological polar surface area (TPSA) is 150 Å². The minimum atomic E-state index is -1.57. The van der Waals surface area contributed by atoms with Gasteiger partial charge in [-0.15, -0.1) is 0 Å². The van der Waals surface area contributed by atoms with Gasteiger partial charge in [-0.1, -0.05) is 32.0 Å². The normalized spacial score (nSPS) is 25.8. The first-order valence-corrected chi connectivity index (χ1v) is 10.9. The van der Waals surface area contributed by atoms with Crippen LogP contribution in [-0.2, 0) is 11.2 Å². The largest absolute Gasteiger partial charge is 0.462 e. The molecule has 1 aliphatic rings. The highest BCUT2D eigenvalue weighted by Gasteiger charge is 2.45. The highest BCUT2D eigenvalue weighted by Crippen LogP contribution is 2.38. The molecule has 33 heavy (non-hydrogen) atoms. The third-order valence-electron chi connectivity index (χ3n) is 6.05. The fourth-order valence-corrected chi connectivity index (χ4v) is 4.38. The number of aliphatic hydroxyl groups is 5. The van der Waals surface area contributed by atoms with Gasteiger partial charge in [0.2, 0.25) is 6.29 Å². The third-order valence-corrected chi connectivity index (χ3v) is 6.05. The molecular weight excluding hydrogens is 432 g/mol. The van der Waals surface area contributed by atoms with Gasteiger partial charge in [-0.25, -0.2) is 4.79 Å². The summed E-state index contributed by atoms with van der Waals surface area (Å²) in [5, 5.41) is 51.0. The van der Waals surface area contributed by atoms with E-state index >= 15 is 0 Å². The Bertz CT molecular complexity index is 1200. The van der Waals surface area contributed by atoms with Gasteiger partial charge in [-0.05, 0) is 30.0 Å². The predicted molar refractivity (Wildman–Crippen MR) is 119 cm³/mol.